The van der Waals surface area contributed by atoms with E-state index < -0.39 is 6.04 Å². The third-order valence-corrected chi connectivity index (χ3v) is 4.14. The van der Waals surface area contributed by atoms with Gasteiger partial charge >= 0.3 is 0 Å². The number of aldehydes is 1. The molecule has 0 saturated carbocycles. The van der Waals surface area contributed by atoms with Crippen molar-refractivity contribution in [1.29, 1.82) is 0 Å². The lowest BCUT2D eigenvalue weighted by atomic mass is 10.1. The number of hydrazine groups is 1. The van der Waals surface area contributed by atoms with Gasteiger partial charge in [0.25, 0.3) is 0 Å². The Bertz CT molecular complexity index is 539. The number of nitrogens with one attached hydrogen (secondary N) is 1. The molecule has 1 aliphatic heterocycles. The van der Waals surface area contributed by atoms with Crippen LogP contribution in [0.3, 0.4) is 0 Å². The number of hydrogen-bond donors (Lipinski definition) is 3. The molecule has 9 nitrogen and oxygen atoms in total. The number of carbonyl (C=O) groups excluding carboxylic acids is 2. The molecule has 0 aromatic carbocycles. The minimum atomic E-state index is -0.423. The van der Waals surface area contributed by atoms with Gasteiger partial charge in [0, 0.05) is 19.3 Å². The van der Waals surface area contributed by atoms with E-state index in [1.54, 1.807) is 7.05 Å². The molecule has 2 heterocycles. The summed E-state index contributed by atoms with van der Waals surface area (Å²) in [7, 11) is 3.75. The first-order chi connectivity index (χ1) is 12.8. The average molecular weight is 383 g/mol. The minimum absolute atomic E-state index is 0.0936. The molecule has 1 amide bonds. The van der Waals surface area contributed by atoms with Crippen LogP contribution in [-0.2, 0) is 9.59 Å². The van der Waals surface area contributed by atoms with Gasteiger partial charge in [-0.1, -0.05) is 13.8 Å². The van der Waals surface area contributed by atoms with E-state index in [-0.39, 0.29) is 17.5 Å². The Morgan fingerprint density at radius 3 is 2.41 bits per heavy atom. The molecule has 1 saturated heterocycles. The van der Waals surface area contributed by atoms with Crippen molar-refractivity contribution >= 4 is 18.4 Å². The standard InChI is InChI=1S/C10H16N4O2.C6H13N.C2H5NO/c1-7(2)9(6-15)14(12)5-8(11)10-13-3-4-16-10;1-6-4-3-5-7(6)2;1-3-2-4/h3-7,9H,11-12H2,1-2H3;6H,3-5H2,1-2H3;2H,1H3,(H,3,4)/b8-5-;;. The third-order valence-electron chi connectivity index (χ3n) is 4.14. The largest absolute Gasteiger partial charge is 0.443 e. The lowest BCUT2D eigenvalue weighted by Crippen LogP contribution is -2.41. The number of aromatic nitrogens is 1. The zero-order valence-electron chi connectivity index (χ0n) is 17.0. The summed E-state index contributed by atoms with van der Waals surface area (Å²) >= 11 is 0. The van der Waals surface area contributed by atoms with Crippen molar-refractivity contribution in [1.82, 2.24) is 20.2 Å². The van der Waals surface area contributed by atoms with Crippen molar-refractivity contribution in [2.45, 2.75) is 45.7 Å². The van der Waals surface area contributed by atoms with Gasteiger partial charge in [0.05, 0.1) is 6.20 Å². The van der Waals surface area contributed by atoms with Crippen molar-refractivity contribution in [3.63, 3.8) is 0 Å². The fourth-order valence-corrected chi connectivity index (χ4v) is 2.32. The molecule has 9 heteroatoms. The van der Waals surface area contributed by atoms with E-state index >= 15 is 0 Å². The number of amides is 1. The Morgan fingerprint density at radius 2 is 2.11 bits per heavy atom. The van der Waals surface area contributed by atoms with E-state index in [4.69, 9.17) is 20.8 Å². The van der Waals surface area contributed by atoms with E-state index in [9.17, 15) is 4.79 Å². The highest BCUT2D eigenvalue weighted by Crippen LogP contribution is 2.12. The van der Waals surface area contributed by atoms with Gasteiger partial charge in [0.2, 0.25) is 12.3 Å². The van der Waals surface area contributed by atoms with Gasteiger partial charge in [0.15, 0.2) is 0 Å². The summed E-state index contributed by atoms with van der Waals surface area (Å²) in [5.74, 6) is 6.09. The number of hydrogen-bond acceptors (Lipinski definition) is 8. The Balaban J connectivity index is 0.000000503. The van der Waals surface area contributed by atoms with Crippen LogP contribution in [0.1, 0.15) is 39.5 Å². The number of nitrogens with zero attached hydrogens (tertiary/aromatic N) is 3. The molecule has 27 heavy (non-hydrogen) atoms. The van der Waals surface area contributed by atoms with Crippen molar-refractivity contribution in [2.75, 3.05) is 20.6 Å². The number of oxazole rings is 1. The van der Waals surface area contributed by atoms with Crippen molar-refractivity contribution in [2.24, 2.45) is 17.5 Å². The summed E-state index contributed by atoms with van der Waals surface area (Å²) in [6.07, 6.45) is 8.54. The number of carbonyl (C=O) groups is 2. The quantitative estimate of drug-likeness (QED) is 0.374. The smallest absolute Gasteiger partial charge is 0.243 e. The Morgan fingerprint density at radius 1 is 1.48 bits per heavy atom. The summed E-state index contributed by atoms with van der Waals surface area (Å²) in [5, 5.41) is 3.51. The van der Waals surface area contributed by atoms with Crippen LogP contribution in [0.4, 0.5) is 0 Å². The molecule has 5 N–H and O–H groups in total. The van der Waals surface area contributed by atoms with Crippen molar-refractivity contribution in [3.05, 3.63) is 24.6 Å². The molecule has 0 radical (unpaired) electrons. The maximum atomic E-state index is 10.8. The predicted molar refractivity (Wildman–Crippen MR) is 106 cm³/mol. The second kappa shape index (κ2) is 13.8. The normalized spacial score (nSPS) is 17.9. The van der Waals surface area contributed by atoms with Crippen LogP contribution >= 0.6 is 0 Å². The van der Waals surface area contributed by atoms with Crippen molar-refractivity contribution < 1.29 is 14.0 Å². The highest BCUT2D eigenvalue weighted by molar-refractivity contribution is 5.60. The molecule has 0 aliphatic carbocycles. The molecule has 2 unspecified atom stereocenters. The summed E-state index contributed by atoms with van der Waals surface area (Å²) in [5.41, 5.74) is 5.98. The number of rotatable bonds is 6. The van der Waals surface area contributed by atoms with Gasteiger partial charge < -0.3 is 30.2 Å². The topological polar surface area (TPSA) is 131 Å². The lowest BCUT2D eigenvalue weighted by Gasteiger charge is -2.24. The van der Waals surface area contributed by atoms with E-state index in [0.717, 1.165) is 12.3 Å². The van der Waals surface area contributed by atoms with Gasteiger partial charge in [-0.25, -0.2) is 10.8 Å². The highest BCUT2D eigenvalue weighted by Gasteiger charge is 2.17. The van der Waals surface area contributed by atoms with Crippen LogP contribution in [0.2, 0.25) is 0 Å². The van der Waals surface area contributed by atoms with E-state index in [0.29, 0.717) is 6.41 Å². The van der Waals surface area contributed by atoms with E-state index in [1.165, 1.54) is 43.1 Å². The number of likely N-dealkylation sites (tertiary alicyclic amines) is 1. The van der Waals surface area contributed by atoms with E-state index in [2.05, 4.69) is 29.2 Å². The SMILES string of the molecule is CC(C)C(C=O)N(N)/C=C(\N)c1ncco1.CC1CCCN1C.CNC=O. The summed E-state index contributed by atoms with van der Waals surface area (Å²) in [6.45, 7) is 7.39. The monoisotopic (exact) mass is 382 g/mol. The molecular weight excluding hydrogens is 348 g/mol. The van der Waals surface area contributed by atoms with Crippen LogP contribution in [0.5, 0.6) is 0 Å². The zero-order valence-corrected chi connectivity index (χ0v) is 17.0. The van der Waals surface area contributed by atoms with Gasteiger partial charge in [-0.05, 0) is 39.3 Å². The molecule has 1 aromatic rings. The van der Waals surface area contributed by atoms with Crippen molar-refractivity contribution in [3.8, 4) is 0 Å². The van der Waals surface area contributed by atoms with E-state index in [1.807, 2.05) is 13.8 Å². The summed E-state index contributed by atoms with van der Waals surface area (Å²) in [4.78, 5) is 26.2. The molecule has 2 rings (SSSR count). The molecular formula is C18H34N6O3. The first-order valence-electron chi connectivity index (χ1n) is 8.95. The Hall–Kier alpha value is -2.39. The van der Waals surface area contributed by atoms with Gasteiger partial charge in [-0.2, -0.15) is 0 Å². The highest BCUT2D eigenvalue weighted by atomic mass is 16.3. The Labute approximate surface area is 161 Å². The fraction of sp³-hybridized carbons (Fsp3) is 0.611. The zero-order chi connectivity index (χ0) is 20.8. The molecule has 1 fully saturated rings. The first kappa shape index (κ1) is 24.6. The van der Waals surface area contributed by atoms with Gasteiger partial charge in [-0.3, -0.25) is 4.79 Å². The summed E-state index contributed by atoms with van der Waals surface area (Å²) in [6, 6.07) is 0.425. The third kappa shape index (κ3) is 9.76. The molecule has 1 aromatic heterocycles. The fourth-order valence-electron chi connectivity index (χ4n) is 2.32. The molecule has 2 atom stereocenters. The minimum Gasteiger partial charge on any atom is -0.443 e. The van der Waals surface area contributed by atoms with Crippen LogP contribution in [-0.4, -0.2) is 60.3 Å². The Kier molecular flexibility index (Phi) is 12.5. The molecule has 154 valence electrons. The van der Waals surface area contributed by atoms with Crippen LogP contribution < -0.4 is 16.9 Å². The second-order valence-corrected chi connectivity index (χ2v) is 6.62. The maximum absolute atomic E-state index is 10.8. The number of nitrogens with two attached hydrogens (primary N) is 2. The molecule has 0 bridgehead atoms. The lowest BCUT2D eigenvalue weighted by molar-refractivity contribution is -0.113. The molecule has 1 aliphatic rings. The van der Waals surface area contributed by atoms with Crippen LogP contribution in [0.15, 0.2) is 23.1 Å². The second-order valence-electron chi connectivity index (χ2n) is 6.62. The van der Waals surface area contributed by atoms with Crippen LogP contribution in [0.25, 0.3) is 5.70 Å². The maximum Gasteiger partial charge on any atom is 0.243 e. The van der Waals surface area contributed by atoms with Gasteiger partial charge in [-0.15, -0.1) is 0 Å². The molecule has 0 spiro atoms. The average Bonchev–Trinajstić information content (AvgIpc) is 3.28. The van der Waals surface area contributed by atoms with Crippen LogP contribution in [0, 0.1) is 5.92 Å². The summed E-state index contributed by atoms with van der Waals surface area (Å²) < 4.78 is 5.00. The van der Waals surface area contributed by atoms with Gasteiger partial charge in [0.1, 0.15) is 24.3 Å². The first-order valence-corrected chi connectivity index (χ1v) is 8.95. The predicted octanol–water partition coefficient (Wildman–Crippen LogP) is 0.794.